The highest BCUT2D eigenvalue weighted by molar-refractivity contribution is 5.13. The molecule has 0 unspecified atom stereocenters. The van der Waals surface area contributed by atoms with E-state index in [-0.39, 0.29) is 26.3 Å². The van der Waals surface area contributed by atoms with Gasteiger partial charge in [0.15, 0.2) is 24.6 Å². The second kappa shape index (κ2) is 15.6. The van der Waals surface area contributed by atoms with Crippen molar-refractivity contribution in [3.63, 3.8) is 0 Å². The summed E-state index contributed by atoms with van der Waals surface area (Å²) in [6.45, 7) is 2.08. The van der Waals surface area contributed by atoms with E-state index in [1.807, 2.05) is 13.8 Å². The van der Waals surface area contributed by atoms with Gasteiger partial charge in [-0.25, -0.2) is 4.90 Å². The van der Waals surface area contributed by atoms with Crippen molar-refractivity contribution in [1.82, 2.24) is 4.90 Å². The standard InChI is InChI=1S/C30H53N3O19/c1-3-5-33(6-4-2)30(29(32,43)28(31,42)24(40)12(8-35)51-30)52-20-14-10-45-23(20)18(39)27(48-14)50-21-15(36)11(7-34)47-26(17(21)38)49-19-13-9-44-22(19)16(37)25(41)46-13/h11-27,34-43H,3-10,31-32H2,1-2H3/t11-,12-,13+,14+,15-,16+,17-,18+,19+,20+,21+,22+,23+,24-,25-,26+,27+,28+,29-,30+/m1/s1. The zero-order valence-corrected chi connectivity index (χ0v) is 28.7. The maximum atomic E-state index is 11.7. The zero-order valence-electron chi connectivity index (χ0n) is 28.7. The molecule has 6 rings (SSSR count). The van der Waals surface area contributed by atoms with Gasteiger partial charge in [0.05, 0.1) is 26.4 Å². The number of ether oxygens (including phenoxy) is 9. The van der Waals surface area contributed by atoms with Crippen LogP contribution >= 0.6 is 0 Å². The van der Waals surface area contributed by atoms with Crippen molar-refractivity contribution in [2.24, 2.45) is 11.5 Å². The van der Waals surface area contributed by atoms with Crippen LogP contribution in [0.15, 0.2) is 0 Å². The quantitative estimate of drug-likeness (QED) is 0.0776. The van der Waals surface area contributed by atoms with Crippen molar-refractivity contribution in [2.75, 3.05) is 39.5 Å². The maximum absolute atomic E-state index is 11.7. The molecule has 6 aliphatic rings. The van der Waals surface area contributed by atoms with Crippen molar-refractivity contribution >= 4 is 0 Å². The summed E-state index contributed by atoms with van der Waals surface area (Å²) < 4.78 is 52.5. The van der Waals surface area contributed by atoms with E-state index in [1.54, 1.807) is 0 Å². The average molecular weight is 760 g/mol. The Bertz CT molecular complexity index is 1200. The van der Waals surface area contributed by atoms with Gasteiger partial charge in [0.1, 0.15) is 85.5 Å². The molecule has 22 heteroatoms. The summed E-state index contributed by atoms with van der Waals surface area (Å²) in [5, 5.41) is 108. The van der Waals surface area contributed by atoms with E-state index in [1.165, 1.54) is 4.90 Å². The lowest BCUT2D eigenvalue weighted by atomic mass is 9.84. The molecule has 52 heavy (non-hydrogen) atoms. The van der Waals surface area contributed by atoms with Crippen LogP contribution in [-0.2, 0) is 42.6 Å². The molecule has 0 radical (unpaired) electrons. The van der Waals surface area contributed by atoms with Gasteiger partial charge in [0.25, 0.3) is 5.91 Å². The highest BCUT2D eigenvalue weighted by Crippen LogP contribution is 2.46. The second-order valence-corrected chi connectivity index (χ2v) is 14.1. The van der Waals surface area contributed by atoms with Crippen molar-refractivity contribution in [3.05, 3.63) is 0 Å². The predicted molar refractivity (Wildman–Crippen MR) is 165 cm³/mol. The third-order valence-electron chi connectivity index (χ3n) is 10.6. The zero-order chi connectivity index (χ0) is 37.9. The fourth-order valence-electron chi connectivity index (χ4n) is 7.82. The van der Waals surface area contributed by atoms with Crippen LogP contribution in [0.4, 0.5) is 0 Å². The Labute approximate surface area is 298 Å². The van der Waals surface area contributed by atoms with Crippen LogP contribution in [0.2, 0.25) is 0 Å². The minimum atomic E-state index is -3.07. The lowest BCUT2D eigenvalue weighted by Gasteiger charge is -2.61. The number of nitrogens with zero attached hydrogens (tertiary/aromatic N) is 1. The van der Waals surface area contributed by atoms with Gasteiger partial charge in [-0.05, 0) is 12.8 Å². The van der Waals surface area contributed by atoms with Gasteiger partial charge in [-0.3, -0.25) is 11.5 Å². The Morgan fingerprint density at radius 2 is 1.25 bits per heavy atom. The molecule has 0 aliphatic carbocycles. The fourth-order valence-corrected chi connectivity index (χ4v) is 7.82. The SMILES string of the molecule is CCCN(CCC)[C@]1(O[C@@H]2[C@H]3OC[C@@H]2O[C@@H](O[C@@H]2[C@@H](O)[C@H](O[C@@H]4[C@H]5OC[C@@H]4O[C@@H](O)[C@H]5O)O[C@H](CO)[C@H]2O)[C@H]3O)O[C@H](CO)[C@@H](O)[C@](N)(O)[C@@]1(N)O. The molecular weight excluding hydrogens is 706 g/mol. The largest absolute Gasteiger partial charge is 0.394 e. The van der Waals surface area contributed by atoms with Crippen LogP contribution in [0.1, 0.15) is 26.7 Å². The maximum Gasteiger partial charge on any atom is 0.280 e. The fraction of sp³-hybridized carbons (Fsp3) is 1.00. The number of aliphatic hydroxyl groups is 10. The van der Waals surface area contributed by atoms with Gasteiger partial charge in [-0.2, -0.15) is 0 Å². The van der Waals surface area contributed by atoms with Crippen LogP contribution in [0.25, 0.3) is 0 Å². The molecule has 0 aromatic rings. The van der Waals surface area contributed by atoms with Crippen molar-refractivity contribution in [2.45, 2.75) is 148 Å². The molecule has 6 fully saturated rings. The first kappa shape index (κ1) is 40.8. The lowest BCUT2D eigenvalue weighted by molar-refractivity contribution is -0.484. The Balaban J connectivity index is 1.22. The summed E-state index contributed by atoms with van der Waals surface area (Å²) >= 11 is 0. The van der Waals surface area contributed by atoms with Crippen LogP contribution in [0.5, 0.6) is 0 Å². The minimum Gasteiger partial charge on any atom is -0.394 e. The van der Waals surface area contributed by atoms with E-state index in [0.717, 1.165) is 0 Å². The van der Waals surface area contributed by atoms with Gasteiger partial charge in [-0.1, -0.05) is 13.8 Å². The van der Waals surface area contributed by atoms with Crippen LogP contribution < -0.4 is 11.5 Å². The Morgan fingerprint density at radius 3 is 1.85 bits per heavy atom. The first-order valence-corrected chi connectivity index (χ1v) is 17.5. The van der Waals surface area contributed by atoms with Crippen LogP contribution in [0, 0.1) is 0 Å². The highest BCUT2D eigenvalue weighted by Gasteiger charge is 2.74. The molecule has 6 saturated heterocycles. The normalized spacial score (nSPS) is 53.5. The molecule has 22 nitrogen and oxygen atoms in total. The van der Waals surface area contributed by atoms with E-state index in [2.05, 4.69) is 0 Å². The number of nitrogens with two attached hydrogens (primary N) is 2. The molecule has 6 heterocycles. The molecule has 0 amide bonds. The monoisotopic (exact) mass is 759 g/mol. The Kier molecular flexibility index (Phi) is 12.2. The molecule has 20 atom stereocenters. The first-order chi connectivity index (χ1) is 24.6. The van der Waals surface area contributed by atoms with Crippen molar-refractivity contribution in [1.29, 1.82) is 0 Å². The number of hydrogen-bond donors (Lipinski definition) is 12. The Morgan fingerprint density at radius 1 is 0.692 bits per heavy atom. The molecule has 6 aliphatic heterocycles. The topological polar surface area (TPSA) is 341 Å². The van der Waals surface area contributed by atoms with Gasteiger partial charge >= 0.3 is 0 Å². The Hall–Kier alpha value is -0.880. The summed E-state index contributed by atoms with van der Waals surface area (Å²) in [5.41, 5.74) is 6.30. The second-order valence-electron chi connectivity index (χ2n) is 14.1. The lowest BCUT2D eigenvalue weighted by Crippen LogP contribution is -2.90. The molecule has 0 saturated carbocycles. The van der Waals surface area contributed by atoms with E-state index < -0.39 is 135 Å². The van der Waals surface area contributed by atoms with Gasteiger partial charge in [0, 0.05) is 13.1 Å². The summed E-state index contributed by atoms with van der Waals surface area (Å²) in [4.78, 5) is 1.45. The van der Waals surface area contributed by atoms with E-state index in [9.17, 15) is 51.1 Å². The molecule has 302 valence electrons. The predicted octanol–water partition coefficient (Wildman–Crippen LogP) is -7.64. The third-order valence-corrected chi connectivity index (χ3v) is 10.6. The third kappa shape index (κ3) is 6.62. The van der Waals surface area contributed by atoms with Gasteiger partial charge in [-0.15, -0.1) is 0 Å². The number of fused-ring (bicyclic) bond motifs is 4. The summed E-state index contributed by atoms with van der Waals surface area (Å²) in [5.74, 6) is -2.55. The molecule has 0 spiro atoms. The van der Waals surface area contributed by atoms with Gasteiger partial charge < -0.3 is 93.7 Å². The molecular formula is C30H53N3O19. The molecule has 4 bridgehead atoms. The summed E-state index contributed by atoms with van der Waals surface area (Å²) in [7, 11) is 0. The number of hydrogen-bond acceptors (Lipinski definition) is 22. The average Bonchev–Trinajstić information content (AvgIpc) is 3.59. The number of aliphatic hydroxyl groups excluding tert-OH is 8. The van der Waals surface area contributed by atoms with Gasteiger partial charge in [0.2, 0.25) is 5.72 Å². The molecule has 14 N–H and O–H groups in total. The minimum absolute atomic E-state index is 0.0410. The van der Waals surface area contributed by atoms with Crippen LogP contribution in [0.3, 0.4) is 0 Å². The smallest absolute Gasteiger partial charge is 0.280 e. The highest BCUT2D eigenvalue weighted by atomic mass is 16.8. The molecule has 0 aromatic heterocycles. The van der Waals surface area contributed by atoms with E-state index in [4.69, 9.17) is 54.1 Å². The van der Waals surface area contributed by atoms with Crippen LogP contribution in [-0.4, -0.2) is 217 Å². The van der Waals surface area contributed by atoms with Crippen molar-refractivity contribution in [3.8, 4) is 0 Å². The molecule has 0 aromatic carbocycles. The van der Waals surface area contributed by atoms with Crippen molar-refractivity contribution < 1.29 is 93.7 Å². The summed E-state index contributed by atoms with van der Waals surface area (Å²) in [6, 6.07) is 0. The first-order valence-electron chi connectivity index (χ1n) is 17.5. The number of rotatable bonds is 13. The van der Waals surface area contributed by atoms with E-state index in [0.29, 0.717) is 12.8 Å². The van der Waals surface area contributed by atoms with E-state index >= 15 is 0 Å². The summed E-state index contributed by atoms with van der Waals surface area (Å²) in [6.07, 6.45) is -23.8.